The average Bonchev–Trinajstić information content (AvgIpc) is 2.37. The molecule has 0 unspecified atom stereocenters. The van der Waals surface area contributed by atoms with Gasteiger partial charge in [-0.05, 0) is 37.5 Å². The molecule has 1 aliphatic rings. The van der Waals surface area contributed by atoms with Crippen LogP contribution in [0.5, 0.6) is 11.5 Å². The van der Waals surface area contributed by atoms with E-state index in [0.717, 1.165) is 30.6 Å². The molecule has 0 spiro atoms. The highest BCUT2D eigenvalue weighted by Crippen LogP contribution is 2.41. The Morgan fingerprint density at radius 3 is 2.50 bits per heavy atom. The summed E-state index contributed by atoms with van der Waals surface area (Å²) in [6, 6.07) is 11.4. The quantitative estimate of drug-likeness (QED) is 0.897. The summed E-state index contributed by atoms with van der Waals surface area (Å²) in [7, 11) is 0. The summed E-state index contributed by atoms with van der Waals surface area (Å²) in [6.07, 6.45) is 6.07. The smallest absolute Gasteiger partial charge is 0.146 e. The fourth-order valence-electron chi connectivity index (χ4n) is 2.15. The van der Waals surface area contributed by atoms with Gasteiger partial charge in [-0.3, -0.25) is 4.98 Å². The van der Waals surface area contributed by atoms with E-state index in [4.69, 9.17) is 4.74 Å². The van der Waals surface area contributed by atoms with Gasteiger partial charge in [0, 0.05) is 11.8 Å². The standard InChI is InChI=1S/C15H15NO2/c17-15(7-4-8-15)12-9-14(11-16-10-12)18-13-5-2-1-3-6-13/h1-3,5-6,9-11,17H,4,7-8H2. The van der Waals surface area contributed by atoms with Crippen molar-refractivity contribution in [2.75, 3.05) is 0 Å². The molecular formula is C15H15NO2. The molecule has 92 valence electrons. The van der Waals surface area contributed by atoms with E-state index in [2.05, 4.69) is 4.98 Å². The second-order valence-electron chi connectivity index (χ2n) is 4.71. The second kappa shape index (κ2) is 4.42. The lowest BCUT2D eigenvalue weighted by Gasteiger charge is -2.36. The zero-order chi connectivity index (χ0) is 12.4. The van der Waals surface area contributed by atoms with Crippen molar-refractivity contribution in [3.05, 3.63) is 54.4 Å². The molecular weight excluding hydrogens is 226 g/mol. The van der Waals surface area contributed by atoms with E-state index in [9.17, 15) is 5.11 Å². The molecule has 1 saturated carbocycles. The van der Waals surface area contributed by atoms with Gasteiger partial charge < -0.3 is 9.84 Å². The fraction of sp³-hybridized carbons (Fsp3) is 0.267. The maximum absolute atomic E-state index is 10.3. The Balaban J connectivity index is 1.83. The van der Waals surface area contributed by atoms with Crippen LogP contribution in [0.4, 0.5) is 0 Å². The predicted molar refractivity (Wildman–Crippen MR) is 68.5 cm³/mol. The molecule has 3 heteroatoms. The lowest BCUT2D eigenvalue weighted by atomic mass is 9.76. The average molecular weight is 241 g/mol. The molecule has 1 aromatic heterocycles. The summed E-state index contributed by atoms with van der Waals surface area (Å²) in [5, 5.41) is 10.3. The Bertz CT molecular complexity index is 535. The number of aliphatic hydroxyl groups is 1. The van der Waals surface area contributed by atoms with Gasteiger partial charge in [0.25, 0.3) is 0 Å². The summed E-state index contributed by atoms with van der Waals surface area (Å²) in [6.45, 7) is 0. The number of benzene rings is 1. The molecule has 3 nitrogen and oxygen atoms in total. The van der Waals surface area contributed by atoms with Gasteiger partial charge in [-0.2, -0.15) is 0 Å². The van der Waals surface area contributed by atoms with Crippen LogP contribution in [0.2, 0.25) is 0 Å². The zero-order valence-corrected chi connectivity index (χ0v) is 10.0. The first kappa shape index (κ1) is 11.2. The third kappa shape index (κ3) is 2.09. The van der Waals surface area contributed by atoms with E-state index in [1.54, 1.807) is 12.4 Å². The minimum absolute atomic E-state index is 0.666. The Morgan fingerprint density at radius 2 is 1.83 bits per heavy atom. The van der Waals surface area contributed by atoms with E-state index in [-0.39, 0.29) is 0 Å². The van der Waals surface area contributed by atoms with E-state index < -0.39 is 5.60 Å². The highest BCUT2D eigenvalue weighted by molar-refractivity contribution is 5.33. The fourth-order valence-corrected chi connectivity index (χ4v) is 2.15. The monoisotopic (exact) mass is 241 g/mol. The summed E-state index contributed by atoms with van der Waals surface area (Å²) in [5.41, 5.74) is 0.158. The number of hydrogen-bond donors (Lipinski definition) is 1. The van der Waals surface area contributed by atoms with Gasteiger partial charge in [0.15, 0.2) is 0 Å². The number of pyridine rings is 1. The molecule has 1 fully saturated rings. The molecule has 1 heterocycles. The summed E-state index contributed by atoms with van der Waals surface area (Å²) in [5.74, 6) is 1.44. The molecule has 0 bridgehead atoms. The zero-order valence-electron chi connectivity index (χ0n) is 10.0. The Hall–Kier alpha value is -1.87. The van der Waals surface area contributed by atoms with Crippen LogP contribution < -0.4 is 4.74 Å². The van der Waals surface area contributed by atoms with Gasteiger partial charge >= 0.3 is 0 Å². The molecule has 0 radical (unpaired) electrons. The second-order valence-corrected chi connectivity index (χ2v) is 4.71. The summed E-state index contributed by atoms with van der Waals surface area (Å²) in [4.78, 5) is 4.14. The molecule has 2 aromatic rings. The van der Waals surface area contributed by atoms with Crippen LogP contribution in [0.25, 0.3) is 0 Å². The van der Waals surface area contributed by atoms with Crippen molar-refractivity contribution in [2.24, 2.45) is 0 Å². The van der Waals surface area contributed by atoms with Crippen molar-refractivity contribution >= 4 is 0 Å². The predicted octanol–water partition coefficient (Wildman–Crippen LogP) is 3.25. The first-order valence-corrected chi connectivity index (χ1v) is 6.17. The minimum Gasteiger partial charge on any atom is -0.456 e. The molecule has 18 heavy (non-hydrogen) atoms. The normalized spacial score (nSPS) is 16.9. The van der Waals surface area contributed by atoms with E-state index in [0.29, 0.717) is 5.75 Å². The van der Waals surface area contributed by atoms with Gasteiger partial charge in [-0.15, -0.1) is 0 Å². The van der Waals surface area contributed by atoms with Gasteiger partial charge in [0.1, 0.15) is 11.5 Å². The number of hydrogen-bond acceptors (Lipinski definition) is 3. The van der Waals surface area contributed by atoms with Crippen molar-refractivity contribution in [3.8, 4) is 11.5 Å². The number of nitrogens with zero attached hydrogens (tertiary/aromatic N) is 1. The van der Waals surface area contributed by atoms with E-state index in [1.807, 2.05) is 36.4 Å². The summed E-state index contributed by atoms with van der Waals surface area (Å²) >= 11 is 0. The minimum atomic E-state index is -0.691. The maximum Gasteiger partial charge on any atom is 0.146 e. The Labute approximate surface area is 106 Å². The van der Waals surface area contributed by atoms with Crippen LogP contribution in [0.3, 0.4) is 0 Å². The van der Waals surface area contributed by atoms with E-state index in [1.165, 1.54) is 0 Å². The molecule has 0 aliphatic heterocycles. The third-order valence-corrected chi connectivity index (χ3v) is 3.41. The van der Waals surface area contributed by atoms with Gasteiger partial charge in [0.05, 0.1) is 11.8 Å². The molecule has 0 amide bonds. The van der Waals surface area contributed by atoms with Crippen LogP contribution in [-0.4, -0.2) is 10.1 Å². The topological polar surface area (TPSA) is 42.4 Å². The van der Waals surface area contributed by atoms with Gasteiger partial charge in [0.2, 0.25) is 0 Å². The lowest BCUT2D eigenvalue weighted by molar-refractivity contribution is -0.0392. The Morgan fingerprint density at radius 1 is 1.06 bits per heavy atom. The number of para-hydroxylation sites is 1. The molecule has 0 saturated heterocycles. The SMILES string of the molecule is OC1(c2cncc(Oc3ccccc3)c2)CCC1. The molecule has 1 aromatic carbocycles. The highest BCUT2D eigenvalue weighted by atomic mass is 16.5. The largest absolute Gasteiger partial charge is 0.456 e. The molecule has 1 N–H and O–H groups in total. The van der Waals surface area contributed by atoms with Crippen LogP contribution in [0.1, 0.15) is 24.8 Å². The van der Waals surface area contributed by atoms with Crippen molar-refractivity contribution in [3.63, 3.8) is 0 Å². The van der Waals surface area contributed by atoms with Crippen molar-refractivity contribution < 1.29 is 9.84 Å². The van der Waals surface area contributed by atoms with Crippen LogP contribution in [0.15, 0.2) is 48.8 Å². The first-order valence-electron chi connectivity index (χ1n) is 6.17. The van der Waals surface area contributed by atoms with Gasteiger partial charge in [-0.25, -0.2) is 0 Å². The first-order chi connectivity index (χ1) is 8.76. The van der Waals surface area contributed by atoms with Crippen molar-refractivity contribution in [1.82, 2.24) is 4.98 Å². The lowest BCUT2D eigenvalue weighted by Crippen LogP contribution is -2.33. The maximum atomic E-state index is 10.3. The van der Waals surface area contributed by atoms with E-state index >= 15 is 0 Å². The Kier molecular flexibility index (Phi) is 2.76. The van der Waals surface area contributed by atoms with Crippen LogP contribution in [-0.2, 0) is 5.60 Å². The number of aromatic nitrogens is 1. The van der Waals surface area contributed by atoms with Crippen LogP contribution in [0, 0.1) is 0 Å². The number of rotatable bonds is 3. The molecule has 3 rings (SSSR count). The van der Waals surface area contributed by atoms with Gasteiger partial charge in [-0.1, -0.05) is 18.2 Å². The van der Waals surface area contributed by atoms with Crippen molar-refractivity contribution in [2.45, 2.75) is 24.9 Å². The molecule has 0 atom stereocenters. The third-order valence-electron chi connectivity index (χ3n) is 3.41. The summed E-state index contributed by atoms with van der Waals surface area (Å²) < 4.78 is 5.71. The highest BCUT2D eigenvalue weighted by Gasteiger charge is 2.36. The van der Waals surface area contributed by atoms with Crippen molar-refractivity contribution in [1.29, 1.82) is 0 Å². The number of ether oxygens (including phenoxy) is 1. The molecule has 1 aliphatic carbocycles. The van der Waals surface area contributed by atoms with Crippen LogP contribution >= 0.6 is 0 Å².